The molecule has 0 spiro atoms. The van der Waals surface area contributed by atoms with Crippen LogP contribution in [0.5, 0.6) is 0 Å². The SMILES string of the molecule is Cn1nc2n(c1=O)CCC(NC(=O)Nc1cccc3ccccc13)CC2. The number of anilines is 1. The van der Waals surface area contributed by atoms with Gasteiger partial charge in [0.1, 0.15) is 5.82 Å². The monoisotopic (exact) mass is 351 g/mol. The topological polar surface area (TPSA) is 81.0 Å². The molecule has 7 nitrogen and oxygen atoms in total. The van der Waals surface area contributed by atoms with Gasteiger partial charge >= 0.3 is 11.7 Å². The van der Waals surface area contributed by atoms with E-state index in [1.165, 1.54) is 4.68 Å². The van der Waals surface area contributed by atoms with E-state index in [1.54, 1.807) is 11.6 Å². The highest BCUT2D eigenvalue weighted by molar-refractivity contribution is 6.01. The van der Waals surface area contributed by atoms with Crippen molar-refractivity contribution in [3.8, 4) is 0 Å². The van der Waals surface area contributed by atoms with Crippen LogP contribution in [0.4, 0.5) is 10.5 Å². The third-order valence-corrected chi connectivity index (χ3v) is 4.88. The third-order valence-electron chi connectivity index (χ3n) is 4.88. The second-order valence-corrected chi connectivity index (χ2v) is 6.62. The number of nitrogens with zero attached hydrogens (tertiary/aromatic N) is 3. The van der Waals surface area contributed by atoms with Gasteiger partial charge in [-0.3, -0.25) is 4.57 Å². The van der Waals surface area contributed by atoms with Crippen molar-refractivity contribution in [3.05, 3.63) is 58.8 Å². The Morgan fingerprint density at radius 2 is 1.96 bits per heavy atom. The fraction of sp³-hybridized carbons (Fsp3) is 0.316. The van der Waals surface area contributed by atoms with Crippen LogP contribution in [0.1, 0.15) is 18.7 Å². The Hall–Kier alpha value is -3.09. The lowest BCUT2D eigenvalue weighted by atomic mass is 10.1. The number of hydrogen-bond acceptors (Lipinski definition) is 3. The van der Waals surface area contributed by atoms with Crippen LogP contribution in [0.2, 0.25) is 0 Å². The van der Waals surface area contributed by atoms with E-state index in [9.17, 15) is 9.59 Å². The van der Waals surface area contributed by atoms with E-state index in [0.29, 0.717) is 19.4 Å². The lowest BCUT2D eigenvalue weighted by Crippen LogP contribution is -2.38. The Morgan fingerprint density at radius 3 is 2.85 bits per heavy atom. The molecule has 1 aromatic heterocycles. The van der Waals surface area contributed by atoms with Crippen molar-refractivity contribution in [2.24, 2.45) is 7.05 Å². The smallest absolute Gasteiger partial charge is 0.335 e. The molecule has 0 saturated heterocycles. The molecule has 4 rings (SSSR count). The van der Waals surface area contributed by atoms with Crippen molar-refractivity contribution in [3.63, 3.8) is 0 Å². The zero-order chi connectivity index (χ0) is 18.1. The fourth-order valence-electron chi connectivity index (χ4n) is 3.52. The number of aryl methyl sites for hydroxylation is 2. The minimum Gasteiger partial charge on any atom is -0.335 e. The molecule has 0 bridgehead atoms. The molecule has 1 atom stereocenters. The number of rotatable bonds is 2. The van der Waals surface area contributed by atoms with Crippen molar-refractivity contribution >= 4 is 22.5 Å². The van der Waals surface area contributed by atoms with Gasteiger partial charge in [0.2, 0.25) is 0 Å². The molecule has 1 aliphatic rings. The Morgan fingerprint density at radius 1 is 1.15 bits per heavy atom. The predicted molar refractivity (Wildman–Crippen MR) is 100 cm³/mol. The summed E-state index contributed by atoms with van der Waals surface area (Å²) in [5.74, 6) is 0.788. The third kappa shape index (κ3) is 3.08. The molecule has 1 aliphatic heterocycles. The molecule has 2 N–H and O–H groups in total. The zero-order valence-corrected chi connectivity index (χ0v) is 14.6. The highest BCUT2D eigenvalue weighted by Gasteiger charge is 2.21. The maximum atomic E-state index is 12.5. The van der Waals surface area contributed by atoms with Crippen molar-refractivity contribution < 1.29 is 4.79 Å². The van der Waals surface area contributed by atoms with E-state index in [2.05, 4.69) is 15.7 Å². The summed E-state index contributed by atoms with van der Waals surface area (Å²) < 4.78 is 3.07. The summed E-state index contributed by atoms with van der Waals surface area (Å²) in [4.78, 5) is 24.5. The minimum atomic E-state index is -0.223. The largest absolute Gasteiger partial charge is 0.345 e. The van der Waals surface area contributed by atoms with Gasteiger partial charge < -0.3 is 10.6 Å². The Bertz CT molecular complexity index is 1010. The first-order chi connectivity index (χ1) is 12.6. The minimum absolute atomic E-state index is 0.0105. The van der Waals surface area contributed by atoms with Crippen LogP contribution < -0.4 is 16.3 Å². The van der Waals surface area contributed by atoms with E-state index < -0.39 is 0 Å². The van der Waals surface area contributed by atoms with Crippen LogP contribution in [0.3, 0.4) is 0 Å². The summed E-state index contributed by atoms with van der Waals surface area (Å²) >= 11 is 0. The zero-order valence-electron chi connectivity index (χ0n) is 14.6. The highest BCUT2D eigenvalue weighted by atomic mass is 16.2. The summed E-state index contributed by atoms with van der Waals surface area (Å²) in [6.45, 7) is 0.571. The van der Waals surface area contributed by atoms with E-state index in [-0.39, 0.29) is 17.8 Å². The lowest BCUT2D eigenvalue weighted by molar-refractivity contribution is 0.247. The van der Waals surface area contributed by atoms with E-state index in [0.717, 1.165) is 28.7 Å². The number of fused-ring (bicyclic) bond motifs is 2. The van der Waals surface area contributed by atoms with Crippen LogP contribution in [-0.2, 0) is 20.0 Å². The lowest BCUT2D eigenvalue weighted by Gasteiger charge is -2.17. The first kappa shape index (κ1) is 16.4. The summed E-state index contributed by atoms with van der Waals surface area (Å²) in [6, 6.07) is 13.6. The molecule has 0 radical (unpaired) electrons. The second-order valence-electron chi connectivity index (χ2n) is 6.62. The second kappa shape index (κ2) is 6.67. The van der Waals surface area contributed by atoms with Gasteiger partial charge in [0, 0.05) is 31.4 Å². The molecular formula is C19H21N5O2. The molecule has 26 heavy (non-hydrogen) atoms. The van der Waals surface area contributed by atoms with E-state index in [4.69, 9.17) is 0 Å². The molecule has 0 fully saturated rings. The van der Waals surface area contributed by atoms with E-state index >= 15 is 0 Å². The average molecular weight is 351 g/mol. The van der Waals surface area contributed by atoms with Gasteiger partial charge in [0.25, 0.3) is 0 Å². The quantitative estimate of drug-likeness (QED) is 0.743. The molecule has 2 heterocycles. The maximum Gasteiger partial charge on any atom is 0.345 e. The van der Waals surface area contributed by atoms with Gasteiger partial charge in [-0.2, -0.15) is 5.10 Å². The molecule has 1 unspecified atom stereocenters. The van der Waals surface area contributed by atoms with Crippen LogP contribution in [-0.4, -0.2) is 26.4 Å². The number of carbonyl (C=O) groups excluding carboxylic acids is 1. The van der Waals surface area contributed by atoms with Gasteiger partial charge in [-0.05, 0) is 24.3 Å². The number of carbonyl (C=O) groups is 1. The molecule has 134 valence electrons. The van der Waals surface area contributed by atoms with Crippen LogP contribution in [0, 0.1) is 0 Å². The summed E-state index contributed by atoms with van der Waals surface area (Å²) in [5.41, 5.74) is 0.692. The highest BCUT2D eigenvalue weighted by Crippen LogP contribution is 2.23. The summed E-state index contributed by atoms with van der Waals surface area (Å²) in [7, 11) is 1.66. The van der Waals surface area contributed by atoms with Crippen molar-refractivity contribution in [1.82, 2.24) is 19.7 Å². The number of nitrogens with one attached hydrogen (secondary N) is 2. The maximum absolute atomic E-state index is 12.5. The van der Waals surface area contributed by atoms with Gasteiger partial charge in [-0.15, -0.1) is 0 Å². The molecule has 2 amide bonds. The molecular weight excluding hydrogens is 330 g/mol. The standard InChI is InChI=1S/C19H21N5O2/c1-23-19(26)24-12-11-14(9-10-17(24)22-23)20-18(25)21-16-8-4-6-13-5-2-3-7-15(13)16/h2-8,14H,9-12H2,1H3,(H2,20,21,25). The Kier molecular flexibility index (Phi) is 4.20. The number of benzene rings is 2. The van der Waals surface area contributed by atoms with Crippen LogP contribution in [0.25, 0.3) is 10.8 Å². The van der Waals surface area contributed by atoms with Gasteiger partial charge in [-0.1, -0.05) is 36.4 Å². The average Bonchev–Trinajstić information content (AvgIpc) is 2.79. The van der Waals surface area contributed by atoms with Crippen LogP contribution >= 0.6 is 0 Å². The Balaban J connectivity index is 1.43. The van der Waals surface area contributed by atoms with Gasteiger partial charge in [0.05, 0.1) is 5.69 Å². The Labute approximate surface area is 150 Å². The molecule has 0 aliphatic carbocycles. The van der Waals surface area contributed by atoms with Gasteiger partial charge in [-0.25, -0.2) is 14.3 Å². The number of hydrogen-bond donors (Lipinski definition) is 2. The first-order valence-electron chi connectivity index (χ1n) is 8.80. The van der Waals surface area contributed by atoms with Crippen molar-refractivity contribution in [2.75, 3.05) is 5.32 Å². The molecule has 7 heteroatoms. The molecule has 0 saturated carbocycles. The number of amides is 2. The van der Waals surface area contributed by atoms with Crippen LogP contribution in [0.15, 0.2) is 47.3 Å². The van der Waals surface area contributed by atoms with E-state index in [1.807, 2.05) is 42.5 Å². The van der Waals surface area contributed by atoms with Crippen molar-refractivity contribution in [1.29, 1.82) is 0 Å². The summed E-state index contributed by atoms with van der Waals surface area (Å²) in [6.07, 6.45) is 2.15. The fourth-order valence-corrected chi connectivity index (χ4v) is 3.52. The van der Waals surface area contributed by atoms with Crippen molar-refractivity contribution in [2.45, 2.75) is 31.8 Å². The molecule has 3 aromatic rings. The number of aromatic nitrogens is 3. The number of urea groups is 1. The summed E-state index contributed by atoms with van der Waals surface area (Å²) in [5, 5.41) is 12.3. The predicted octanol–water partition coefficient (Wildman–Crippen LogP) is 2.26. The van der Waals surface area contributed by atoms with Gasteiger partial charge in [0.15, 0.2) is 0 Å². The first-order valence-corrected chi connectivity index (χ1v) is 8.80. The normalized spacial score (nSPS) is 16.7. The molecule has 2 aromatic carbocycles.